The molecular weight excluding hydrogens is 280 g/mol. The Morgan fingerprint density at radius 2 is 1.81 bits per heavy atom. The number of carbonyl (C=O) groups excluding carboxylic acids is 1. The van der Waals surface area contributed by atoms with E-state index in [2.05, 4.69) is 0 Å². The van der Waals surface area contributed by atoms with Crippen LogP contribution < -0.4 is 0 Å². The van der Waals surface area contributed by atoms with Gasteiger partial charge in [0.1, 0.15) is 5.60 Å². The first-order valence-electron chi connectivity index (χ1n) is 6.83. The molecule has 0 saturated carbocycles. The van der Waals surface area contributed by atoms with Crippen molar-refractivity contribution < 1.29 is 9.53 Å². The maximum atomic E-state index is 12.2. The predicted octanol–water partition coefficient (Wildman–Crippen LogP) is 4.55. The maximum absolute atomic E-state index is 12.2. The van der Waals surface area contributed by atoms with Crippen molar-refractivity contribution >= 4 is 29.0 Å². The third-order valence-electron chi connectivity index (χ3n) is 3.48. The van der Waals surface area contributed by atoms with Crippen molar-refractivity contribution in [1.82, 2.24) is 0 Å². The van der Waals surface area contributed by atoms with Gasteiger partial charge in [-0.3, -0.25) is 0 Å². The van der Waals surface area contributed by atoms with Crippen LogP contribution in [0.4, 0.5) is 0 Å². The number of ether oxygens (including phenoxy) is 1. The number of hydrogen-bond acceptors (Lipinski definition) is 3. The van der Waals surface area contributed by atoms with Crippen LogP contribution in [-0.4, -0.2) is 11.6 Å². The normalized spacial score (nSPS) is 17.5. The Balaban J connectivity index is 2.06. The van der Waals surface area contributed by atoms with E-state index in [0.29, 0.717) is 5.57 Å². The highest BCUT2D eigenvalue weighted by Crippen LogP contribution is 2.40. The van der Waals surface area contributed by atoms with Gasteiger partial charge < -0.3 is 4.74 Å². The maximum Gasteiger partial charge on any atom is 0.340 e. The molecule has 0 radical (unpaired) electrons. The molecule has 0 atom stereocenters. The molecule has 1 aromatic carbocycles. The number of thiophene rings is 1. The molecule has 0 amide bonds. The molecule has 3 heteroatoms. The average Bonchev–Trinajstić information content (AvgIpc) is 3.03. The molecule has 2 aromatic rings. The SMILES string of the molecule is CC1(C)OC(=O)C(c2cccs2)=C1C=Cc1ccccc1. The molecule has 2 nitrogen and oxygen atoms in total. The van der Waals surface area contributed by atoms with Crippen LogP contribution in [0, 0.1) is 0 Å². The fraction of sp³-hybridized carbons (Fsp3) is 0.167. The van der Waals surface area contributed by atoms with Gasteiger partial charge in [-0.15, -0.1) is 11.3 Å². The quantitative estimate of drug-likeness (QED) is 0.777. The standard InChI is InChI=1S/C18H16O2S/c1-18(2)14(11-10-13-7-4-3-5-8-13)16(17(19)20-18)15-9-6-12-21-15/h3-12H,1-2H3. The molecule has 1 aliphatic rings. The van der Waals surface area contributed by atoms with Crippen molar-refractivity contribution in [1.29, 1.82) is 0 Å². The summed E-state index contributed by atoms with van der Waals surface area (Å²) in [7, 11) is 0. The summed E-state index contributed by atoms with van der Waals surface area (Å²) < 4.78 is 5.53. The Morgan fingerprint density at radius 1 is 1.05 bits per heavy atom. The van der Waals surface area contributed by atoms with Crippen LogP contribution in [-0.2, 0) is 9.53 Å². The Morgan fingerprint density at radius 3 is 2.48 bits per heavy atom. The average molecular weight is 296 g/mol. The van der Waals surface area contributed by atoms with Gasteiger partial charge in [-0.2, -0.15) is 0 Å². The topological polar surface area (TPSA) is 26.3 Å². The van der Waals surface area contributed by atoms with Gasteiger partial charge in [-0.25, -0.2) is 4.79 Å². The Labute approximate surface area is 128 Å². The highest BCUT2D eigenvalue weighted by atomic mass is 32.1. The molecule has 106 valence electrons. The van der Waals surface area contributed by atoms with Crippen LogP contribution >= 0.6 is 11.3 Å². The van der Waals surface area contributed by atoms with Gasteiger partial charge in [-0.05, 0) is 30.9 Å². The molecule has 0 saturated heterocycles. The second-order valence-corrected chi connectivity index (χ2v) is 6.36. The van der Waals surface area contributed by atoms with E-state index in [-0.39, 0.29) is 5.97 Å². The Hall–Kier alpha value is -2.13. The fourth-order valence-electron chi connectivity index (χ4n) is 2.43. The first-order chi connectivity index (χ1) is 10.1. The molecule has 21 heavy (non-hydrogen) atoms. The number of cyclic esters (lactones) is 1. The summed E-state index contributed by atoms with van der Waals surface area (Å²) in [4.78, 5) is 13.2. The van der Waals surface area contributed by atoms with Crippen molar-refractivity contribution in [3.8, 4) is 0 Å². The van der Waals surface area contributed by atoms with Gasteiger partial charge in [0.15, 0.2) is 0 Å². The van der Waals surface area contributed by atoms with Crippen LogP contribution in [0.3, 0.4) is 0 Å². The lowest BCUT2D eigenvalue weighted by Crippen LogP contribution is -2.22. The molecule has 0 unspecified atom stereocenters. The minimum absolute atomic E-state index is 0.241. The van der Waals surface area contributed by atoms with E-state index in [1.165, 1.54) is 0 Å². The molecule has 1 aliphatic heterocycles. The van der Waals surface area contributed by atoms with Crippen LogP contribution in [0.5, 0.6) is 0 Å². The minimum Gasteiger partial charge on any atom is -0.451 e. The number of carbonyl (C=O) groups is 1. The predicted molar refractivity (Wildman–Crippen MR) is 86.9 cm³/mol. The highest BCUT2D eigenvalue weighted by Gasteiger charge is 2.39. The molecule has 1 aromatic heterocycles. The van der Waals surface area contributed by atoms with Gasteiger partial charge in [0.05, 0.1) is 5.57 Å². The third-order valence-corrected chi connectivity index (χ3v) is 4.37. The first-order valence-corrected chi connectivity index (χ1v) is 7.71. The number of benzene rings is 1. The van der Waals surface area contributed by atoms with Crippen molar-refractivity contribution in [3.05, 3.63) is 69.9 Å². The highest BCUT2D eigenvalue weighted by molar-refractivity contribution is 7.11. The van der Waals surface area contributed by atoms with Crippen LogP contribution in [0.2, 0.25) is 0 Å². The Kier molecular flexibility index (Phi) is 3.52. The third kappa shape index (κ3) is 2.69. The van der Waals surface area contributed by atoms with Crippen LogP contribution in [0.1, 0.15) is 24.3 Å². The zero-order chi connectivity index (χ0) is 14.9. The lowest BCUT2D eigenvalue weighted by atomic mass is 9.94. The smallest absolute Gasteiger partial charge is 0.340 e. The second kappa shape index (κ2) is 5.34. The summed E-state index contributed by atoms with van der Waals surface area (Å²) in [5, 5.41) is 1.97. The van der Waals surface area contributed by atoms with E-state index in [9.17, 15) is 4.79 Å². The summed E-state index contributed by atoms with van der Waals surface area (Å²) >= 11 is 1.56. The largest absolute Gasteiger partial charge is 0.451 e. The monoisotopic (exact) mass is 296 g/mol. The number of hydrogen-bond donors (Lipinski definition) is 0. The molecular formula is C18H16O2S. The summed E-state index contributed by atoms with van der Waals surface area (Å²) in [5.41, 5.74) is 2.12. The minimum atomic E-state index is -0.596. The first kappa shape index (κ1) is 13.8. The fourth-order valence-corrected chi connectivity index (χ4v) is 3.20. The van der Waals surface area contributed by atoms with Gasteiger partial charge in [-0.1, -0.05) is 48.6 Å². The lowest BCUT2D eigenvalue weighted by molar-refractivity contribution is -0.142. The van der Waals surface area contributed by atoms with Crippen LogP contribution in [0.25, 0.3) is 11.6 Å². The molecule has 0 fully saturated rings. The van der Waals surface area contributed by atoms with Gasteiger partial charge in [0.25, 0.3) is 0 Å². The van der Waals surface area contributed by atoms with Gasteiger partial charge >= 0.3 is 5.97 Å². The van der Waals surface area contributed by atoms with Crippen LogP contribution in [0.15, 0.2) is 59.5 Å². The summed E-state index contributed by atoms with van der Waals surface area (Å²) in [6, 6.07) is 14.0. The summed E-state index contributed by atoms with van der Waals surface area (Å²) in [6.07, 6.45) is 4.02. The number of rotatable bonds is 3. The molecule has 0 spiro atoms. The second-order valence-electron chi connectivity index (χ2n) is 5.41. The van der Waals surface area contributed by atoms with E-state index in [1.54, 1.807) is 11.3 Å². The molecule has 3 rings (SSSR count). The van der Waals surface area contributed by atoms with E-state index < -0.39 is 5.60 Å². The van der Waals surface area contributed by atoms with Crippen molar-refractivity contribution in [3.63, 3.8) is 0 Å². The lowest BCUT2D eigenvalue weighted by Gasteiger charge is -2.19. The zero-order valence-corrected chi connectivity index (χ0v) is 12.8. The van der Waals surface area contributed by atoms with Gasteiger partial charge in [0, 0.05) is 10.5 Å². The van der Waals surface area contributed by atoms with Crippen molar-refractivity contribution in [2.75, 3.05) is 0 Å². The van der Waals surface area contributed by atoms with Crippen molar-refractivity contribution in [2.24, 2.45) is 0 Å². The molecule has 0 bridgehead atoms. The van der Waals surface area contributed by atoms with Gasteiger partial charge in [0.2, 0.25) is 0 Å². The summed E-state index contributed by atoms with van der Waals surface area (Å²) in [5.74, 6) is -0.241. The molecule has 2 heterocycles. The number of esters is 1. The summed E-state index contributed by atoms with van der Waals surface area (Å²) in [6.45, 7) is 3.85. The van der Waals surface area contributed by atoms with E-state index >= 15 is 0 Å². The van der Waals surface area contributed by atoms with E-state index in [0.717, 1.165) is 16.0 Å². The van der Waals surface area contributed by atoms with E-state index in [4.69, 9.17) is 4.74 Å². The molecule has 0 N–H and O–H groups in total. The molecule has 0 aliphatic carbocycles. The van der Waals surface area contributed by atoms with Crippen molar-refractivity contribution in [2.45, 2.75) is 19.4 Å². The zero-order valence-electron chi connectivity index (χ0n) is 12.0. The Bertz CT molecular complexity index is 707. The van der Waals surface area contributed by atoms with E-state index in [1.807, 2.05) is 73.8 Å².